The summed E-state index contributed by atoms with van der Waals surface area (Å²) >= 11 is 0. The van der Waals surface area contributed by atoms with Gasteiger partial charge in [-0.25, -0.2) is 4.68 Å². The highest BCUT2D eigenvalue weighted by Gasteiger charge is 2.24. The van der Waals surface area contributed by atoms with Crippen molar-refractivity contribution in [1.82, 2.24) is 14.7 Å². The van der Waals surface area contributed by atoms with E-state index in [0.717, 1.165) is 35.5 Å². The molecule has 0 amide bonds. The van der Waals surface area contributed by atoms with E-state index in [-0.39, 0.29) is 12.2 Å². The molecule has 190 valence electrons. The summed E-state index contributed by atoms with van der Waals surface area (Å²) in [5.41, 5.74) is 2.58. The number of aliphatic hydroxyl groups excluding tert-OH is 1. The maximum absolute atomic E-state index is 10.7. The molecule has 0 aliphatic heterocycles. The van der Waals surface area contributed by atoms with Gasteiger partial charge >= 0.3 is 0 Å². The van der Waals surface area contributed by atoms with Gasteiger partial charge in [0, 0.05) is 25.7 Å². The molecule has 0 unspecified atom stereocenters. The minimum Gasteiger partial charge on any atom is -0.497 e. The summed E-state index contributed by atoms with van der Waals surface area (Å²) in [4.78, 5) is 2.24. The van der Waals surface area contributed by atoms with Gasteiger partial charge in [0.2, 0.25) is 5.88 Å². The monoisotopic (exact) mass is 481 g/mol. The summed E-state index contributed by atoms with van der Waals surface area (Å²) in [6, 6.07) is 17.6. The second kappa shape index (κ2) is 12.2. The predicted molar refractivity (Wildman–Crippen MR) is 139 cm³/mol. The van der Waals surface area contributed by atoms with Crippen LogP contribution in [0.3, 0.4) is 0 Å². The Hall–Kier alpha value is -2.87. The zero-order chi connectivity index (χ0) is 25.4. The van der Waals surface area contributed by atoms with E-state index in [1.54, 1.807) is 11.8 Å². The topological polar surface area (TPSA) is 69.0 Å². The normalized spacial score (nSPS) is 12.7. The van der Waals surface area contributed by atoms with E-state index in [1.165, 1.54) is 0 Å². The Kier molecular flexibility index (Phi) is 9.32. The zero-order valence-electron chi connectivity index (χ0n) is 21.8. The molecule has 3 aromatic rings. The van der Waals surface area contributed by atoms with Crippen LogP contribution >= 0.6 is 0 Å². The van der Waals surface area contributed by atoms with Gasteiger partial charge in [0.25, 0.3) is 0 Å². The number of hydrogen-bond donors (Lipinski definition) is 1. The lowest BCUT2D eigenvalue weighted by molar-refractivity contribution is -0.0566. The van der Waals surface area contributed by atoms with Gasteiger partial charge in [0.1, 0.15) is 17.2 Å². The molecule has 2 aromatic carbocycles. The van der Waals surface area contributed by atoms with E-state index in [2.05, 4.69) is 24.0 Å². The van der Waals surface area contributed by atoms with Crippen LogP contribution in [0, 0.1) is 0 Å². The Labute approximate surface area is 209 Å². The molecule has 7 heteroatoms. The molecule has 1 aromatic heterocycles. The maximum atomic E-state index is 10.7. The standard InChI is InChI=1S/C28H39N3O4/c1-7-17-31(18-22(32)20-34-28(2,3)4)19-25-26(21-11-9-8-10-12-21)29-30(5)27(25)35-24-15-13-23(33-6)14-16-24/h8-16,22,32H,7,17-20H2,1-6H3/t22-/m0/s1. The van der Waals surface area contributed by atoms with Crippen LogP contribution in [0.15, 0.2) is 54.6 Å². The van der Waals surface area contributed by atoms with Crippen molar-refractivity contribution in [1.29, 1.82) is 0 Å². The highest BCUT2D eigenvalue weighted by molar-refractivity contribution is 5.65. The van der Waals surface area contributed by atoms with Crippen LogP contribution in [0.1, 0.15) is 39.7 Å². The van der Waals surface area contributed by atoms with Gasteiger partial charge in [-0.05, 0) is 58.0 Å². The van der Waals surface area contributed by atoms with Gasteiger partial charge in [-0.1, -0.05) is 37.3 Å². The molecule has 0 aliphatic rings. The van der Waals surface area contributed by atoms with Gasteiger partial charge in [0.15, 0.2) is 0 Å². The van der Waals surface area contributed by atoms with Crippen molar-refractivity contribution < 1.29 is 19.3 Å². The fourth-order valence-electron chi connectivity index (χ4n) is 3.88. The number of rotatable bonds is 12. The van der Waals surface area contributed by atoms with Crippen LogP contribution in [0.25, 0.3) is 11.3 Å². The molecule has 0 fully saturated rings. The van der Waals surface area contributed by atoms with Crippen molar-refractivity contribution >= 4 is 0 Å². The molecule has 3 rings (SSSR count). The van der Waals surface area contributed by atoms with Crippen molar-refractivity contribution in [2.24, 2.45) is 7.05 Å². The van der Waals surface area contributed by atoms with Gasteiger partial charge in [-0.3, -0.25) is 4.90 Å². The highest BCUT2D eigenvalue weighted by atomic mass is 16.5. The molecule has 0 saturated carbocycles. The number of methoxy groups -OCH3 is 1. The average Bonchev–Trinajstić information content (AvgIpc) is 3.13. The fraction of sp³-hybridized carbons (Fsp3) is 0.464. The Bertz CT molecular complexity index is 1040. The lowest BCUT2D eigenvalue weighted by atomic mass is 10.1. The number of benzene rings is 2. The fourth-order valence-corrected chi connectivity index (χ4v) is 3.88. The van der Waals surface area contributed by atoms with Gasteiger partial charge < -0.3 is 19.3 Å². The lowest BCUT2D eigenvalue weighted by Gasteiger charge is -2.27. The molecule has 1 heterocycles. The summed E-state index contributed by atoms with van der Waals surface area (Å²) in [5.74, 6) is 2.15. The Morgan fingerprint density at radius 2 is 1.69 bits per heavy atom. The van der Waals surface area contributed by atoms with Crippen molar-refractivity contribution in [2.45, 2.75) is 52.4 Å². The van der Waals surface area contributed by atoms with Crippen LogP contribution in [-0.2, 0) is 18.3 Å². The molecule has 0 spiro atoms. The van der Waals surface area contributed by atoms with E-state index >= 15 is 0 Å². The summed E-state index contributed by atoms with van der Waals surface area (Å²) in [7, 11) is 3.54. The third-order valence-corrected chi connectivity index (χ3v) is 5.51. The molecule has 0 saturated heterocycles. The van der Waals surface area contributed by atoms with Crippen LogP contribution in [0.4, 0.5) is 0 Å². The average molecular weight is 482 g/mol. The number of aromatic nitrogens is 2. The maximum Gasteiger partial charge on any atom is 0.222 e. The molecule has 1 atom stereocenters. The van der Waals surface area contributed by atoms with Crippen LogP contribution in [-0.4, -0.2) is 58.3 Å². The SMILES string of the molecule is CCCN(Cc1c(-c2ccccc2)nn(C)c1Oc1ccc(OC)cc1)C[C@H](O)COC(C)(C)C. The van der Waals surface area contributed by atoms with Crippen molar-refractivity contribution in [3.63, 3.8) is 0 Å². The van der Waals surface area contributed by atoms with Crippen molar-refractivity contribution in [2.75, 3.05) is 26.8 Å². The molecule has 0 bridgehead atoms. The molecule has 1 N–H and O–H groups in total. The summed E-state index contributed by atoms with van der Waals surface area (Å²) in [6.45, 7) is 10.3. The minimum atomic E-state index is -0.594. The first-order valence-electron chi connectivity index (χ1n) is 12.2. The summed E-state index contributed by atoms with van der Waals surface area (Å²) < 4.78 is 19.2. The van der Waals surface area contributed by atoms with E-state index in [9.17, 15) is 5.11 Å². The van der Waals surface area contributed by atoms with E-state index < -0.39 is 6.10 Å². The Morgan fingerprint density at radius 1 is 1.03 bits per heavy atom. The van der Waals surface area contributed by atoms with E-state index in [4.69, 9.17) is 19.3 Å². The van der Waals surface area contributed by atoms with Crippen molar-refractivity contribution in [3.8, 4) is 28.6 Å². The lowest BCUT2D eigenvalue weighted by Crippen LogP contribution is -2.37. The first-order valence-corrected chi connectivity index (χ1v) is 12.2. The second-order valence-corrected chi connectivity index (χ2v) is 9.71. The number of aryl methyl sites for hydroxylation is 1. The molecule has 0 radical (unpaired) electrons. The first kappa shape index (κ1) is 26.7. The summed E-state index contributed by atoms with van der Waals surface area (Å²) in [5, 5.41) is 15.5. The highest BCUT2D eigenvalue weighted by Crippen LogP contribution is 2.34. The van der Waals surface area contributed by atoms with Gasteiger partial charge in [0.05, 0.1) is 31.0 Å². The number of hydrogen-bond acceptors (Lipinski definition) is 6. The zero-order valence-corrected chi connectivity index (χ0v) is 21.8. The Balaban J connectivity index is 1.91. The van der Waals surface area contributed by atoms with Gasteiger partial charge in [-0.2, -0.15) is 5.10 Å². The van der Waals surface area contributed by atoms with Crippen LogP contribution in [0.2, 0.25) is 0 Å². The third kappa shape index (κ3) is 7.82. The van der Waals surface area contributed by atoms with Crippen LogP contribution < -0.4 is 9.47 Å². The molecule has 7 nitrogen and oxygen atoms in total. The third-order valence-electron chi connectivity index (χ3n) is 5.51. The first-order chi connectivity index (χ1) is 16.7. The Morgan fingerprint density at radius 3 is 2.29 bits per heavy atom. The molecular formula is C28H39N3O4. The number of aliphatic hydroxyl groups is 1. The predicted octanol–water partition coefficient (Wildman–Crippen LogP) is 5.28. The molecule has 0 aliphatic carbocycles. The smallest absolute Gasteiger partial charge is 0.222 e. The largest absolute Gasteiger partial charge is 0.497 e. The molecule has 35 heavy (non-hydrogen) atoms. The van der Waals surface area contributed by atoms with E-state index in [0.29, 0.717) is 24.7 Å². The van der Waals surface area contributed by atoms with Crippen LogP contribution in [0.5, 0.6) is 17.4 Å². The molecular weight excluding hydrogens is 442 g/mol. The minimum absolute atomic E-state index is 0.289. The summed E-state index contributed by atoms with van der Waals surface area (Å²) in [6.07, 6.45) is 0.367. The van der Waals surface area contributed by atoms with Crippen molar-refractivity contribution in [3.05, 3.63) is 60.2 Å². The number of ether oxygens (including phenoxy) is 3. The second-order valence-electron chi connectivity index (χ2n) is 9.71. The van der Waals surface area contributed by atoms with E-state index in [1.807, 2.05) is 70.3 Å². The number of nitrogens with zero attached hydrogens (tertiary/aromatic N) is 3. The van der Waals surface area contributed by atoms with Gasteiger partial charge in [-0.15, -0.1) is 0 Å². The quantitative estimate of drug-likeness (QED) is 0.380.